The molecule has 2 aliphatic heterocycles. The van der Waals surface area contributed by atoms with E-state index in [0.717, 1.165) is 16.7 Å². The minimum absolute atomic E-state index is 0.00950. The van der Waals surface area contributed by atoms with Crippen LogP contribution in [-0.2, 0) is 29.5 Å². The minimum atomic E-state index is -0.999. The van der Waals surface area contributed by atoms with Crippen LogP contribution in [0.3, 0.4) is 0 Å². The maximum atomic E-state index is 14.0. The summed E-state index contributed by atoms with van der Waals surface area (Å²) >= 11 is 2.58. The number of hydrogen-bond acceptors (Lipinski definition) is 12. The second-order valence-corrected chi connectivity index (χ2v) is 16.0. The molecule has 2 atom stereocenters. The lowest BCUT2D eigenvalue weighted by atomic mass is 9.77. The Morgan fingerprint density at radius 1 is 0.895 bits per heavy atom. The largest absolute Gasteiger partial charge is 0.455 e. The number of benzene rings is 4. The second-order valence-electron chi connectivity index (χ2n) is 14.2. The van der Waals surface area contributed by atoms with Gasteiger partial charge in [-0.3, -0.25) is 24.6 Å². The van der Waals surface area contributed by atoms with Crippen molar-refractivity contribution in [3.8, 4) is 0 Å². The molecule has 0 saturated carbocycles. The van der Waals surface area contributed by atoms with Gasteiger partial charge in [0.1, 0.15) is 35.7 Å². The van der Waals surface area contributed by atoms with Gasteiger partial charge in [0, 0.05) is 28.2 Å². The van der Waals surface area contributed by atoms with Crippen molar-refractivity contribution in [3.05, 3.63) is 164 Å². The van der Waals surface area contributed by atoms with Crippen LogP contribution in [0.5, 0.6) is 0 Å². The molecular weight excluding hydrogens is 765 g/mol. The minimum Gasteiger partial charge on any atom is -0.455 e. The molecule has 57 heavy (non-hydrogen) atoms. The van der Waals surface area contributed by atoms with Gasteiger partial charge in [0.2, 0.25) is 0 Å². The summed E-state index contributed by atoms with van der Waals surface area (Å²) < 4.78 is 5.71. The van der Waals surface area contributed by atoms with E-state index in [4.69, 9.17) is 14.6 Å². The molecule has 2 N–H and O–H groups in total. The maximum absolute atomic E-state index is 14.0. The van der Waals surface area contributed by atoms with Crippen LogP contribution in [0.15, 0.2) is 131 Å². The quantitative estimate of drug-likeness (QED) is 0.0337. The first-order valence-corrected chi connectivity index (χ1v) is 19.8. The van der Waals surface area contributed by atoms with Crippen LogP contribution in [0, 0.1) is 10.1 Å². The lowest BCUT2D eigenvalue weighted by molar-refractivity contribution is -0.384. The van der Waals surface area contributed by atoms with Crippen LogP contribution < -0.4 is 10.6 Å². The number of oxime groups is 1. The second kappa shape index (κ2) is 16.0. The van der Waals surface area contributed by atoms with Gasteiger partial charge in [0.05, 0.1) is 11.0 Å². The molecule has 0 aliphatic carbocycles. The Bertz CT molecular complexity index is 2270. The molecule has 0 bridgehead atoms. The number of hydrogen-bond donors (Lipinski definition) is 2. The van der Waals surface area contributed by atoms with Gasteiger partial charge in [-0.15, -0.1) is 23.1 Å². The van der Waals surface area contributed by atoms with E-state index >= 15 is 0 Å². The molecule has 7 rings (SSSR count). The highest BCUT2D eigenvalue weighted by Crippen LogP contribution is 2.45. The molecule has 2 aliphatic rings. The van der Waals surface area contributed by atoms with Gasteiger partial charge >= 0.3 is 5.97 Å². The Labute approximate surface area is 336 Å². The van der Waals surface area contributed by atoms with Crippen molar-refractivity contribution in [3.63, 3.8) is 0 Å². The van der Waals surface area contributed by atoms with Crippen molar-refractivity contribution < 1.29 is 28.9 Å². The third kappa shape index (κ3) is 7.76. The number of anilines is 1. The number of amides is 2. The van der Waals surface area contributed by atoms with E-state index in [-0.39, 0.29) is 22.8 Å². The average Bonchev–Trinajstić information content (AvgIpc) is 3.68. The number of nitro groups is 1. The summed E-state index contributed by atoms with van der Waals surface area (Å²) in [5.74, 6) is -1.63. The number of non-ortho nitro benzene ring substituents is 1. The number of carbonyl (C=O) groups excluding carboxylic acids is 3. The monoisotopic (exact) mass is 802 g/mol. The van der Waals surface area contributed by atoms with Crippen LogP contribution in [0.4, 0.5) is 10.8 Å². The molecule has 3 heterocycles. The van der Waals surface area contributed by atoms with Crippen molar-refractivity contribution in [1.29, 1.82) is 0 Å². The smallest absolute Gasteiger partial charge is 0.356 e. The SMILES string of the molecule is CON=C(C(=O)NC1C(=O)N2C(C(=O)OC(C)(C)C)=C(c3ccc([N+](=O)[O-])cc3)SCC12)c1csc(NC(c2ccccc2)(c2ccccc2)c2ccccc2)n1. The maximum Gasteiger partial charge on any atom is 0.356 e. The van der Waals surface area contributed by atoms with E-state index in [1.807, 2.05) is 91.0 Å². The van der Waals surface area contributed by atoms with E-state index in [9.17, 15) is 24.5 Å². The third-order valence-electron chi connectivity index (χ3n) is 9.35. The molecule has 5 aromatic rings. The van der Waals surface area contributed by atoms with Gasteiger partial charge < -0.3 is 20.2 Å². The Balaban J connectivity index is 1.16. The zero-order valence-electron chi connectivity index (χ0n) is 31.4. The highest BCUT2D eigenvalue weighted by molar-refractivity contribution is 8.08. The molecule has 2 amide bonds. The third-order valence-corrected chi connectivity index (χ3v) is 11.3. The topological polar surface area (TPSA) is 165 Å². The fraction of sp³-hybridized carbons (Fsp3) is 0.214. The van der Waals surface area contributed by atoms with Gasteiger partial charge in [0.25, 0.3) is 17.5 Å². The molecule has 13 nitrogen and oxygen atoms in total. The lowest BCUT2D eigenvalue weighted by Gasteiger charge is -2.50. The number of esters is 1. The Kier molecular flexibility index (Phi) is 11.0. The summed E-state index contributed by atoms with van der Waals surface area (Å²) in [5.41, 5.74) is 1.66. The van der Waals surface area contributed by atoms with E-state index in [0.29, 0.717) is 21.4 Å². The first-order chi connectivity index (χ1) is 27.4. The zero-order valence-corrected chi connectivity index (χ0v) is 33.0. The fourth-order valence-electron chi connectivity index (χ4n) is 6.85. The summed E-state index contributed by atoms with van der Waals surface area (Å²) in [6.07, 6.45) is 0. The lowest BCUT2D eigenvalue weighted by Crippen LogP contribution is -2.73. The van der Waals surface area contributed by atoms with E-state index in [1.54, 1.807) is 26.2 Å². The molecule has 2 unspecified atom stereocenters. The number of carbonyl (C=O) groups is 3. The number of rotatable bonds is 12. The molecular formula is C42H38N6O7S2. The Morgan fingerprint density at radius 3 is 1.96 bits per heavy atom. The van der Waals surface area contributed by atoms with Gasteiger partial charge in [-0.1, -0.05) is 96.2 Å². The number of nitrogens with one attached hydrogen (secondary N) is 2. The normalized spacial score (nSPS) is 16.9. The van der Waals surface area contributed by atoms with Crippen molar-refractivity contribution in [2.24, 2.45) is 5.16 Å². The van der Waals surface area contributed by atoms with E-state index in [2.05, 4.69) is 15.8 Å². The van der Waals surface area contributed by atoms with E-state index in [1.165, 1.54) is 59.4 Å². The van der Waals surface area contributed by atoms with Crippen molar-refractivity contribution in [2.45, 2.75) is 44.0 Å². The summed E-state index contributed by atoms with van der Waals surface area (Å²) in [7, 11) is 1.32. The number of thioether (sulfide) groups is 1. The summed E-state index contributed by atoms with van der Waals surface area (Å²) in [4.78, 5) is 64.0. The molecule has 0 radical (unpaired) electrons. The average molecular weight is 803 g/mol. The number of β-lactam (4-membered cyclic amide) rings is 1. The Morgan fingerprint density at radius 2 is 1.46 bits per heavy atom. The first kappa shape index (κ1) is 38.9. The van der Waals surface area contributed by atoms with Crippen LogP contribution in [0.2, 0.25) is 0 Å². The molecule has 15 heteroatoms. The number of nitrogens with zero attached hydrogens (tertiary/aromatic N) is 4. The highest BCUT2D eigenvalue weighted by Gasteiger charge is 2.55. The standard InChI is InChI=1S/C42H38N6O7S2/c1-41(2,3)55-39(51)35-36(26-20-22-30(23-21-26)48(52)53)56-25-32-34(38(50)47(32)35)44-37(49)33(46-54-4)31-24-57-40(43-31)45-42(27-14-8-5-9-15-27,28-16-10-6-11-17-28)29-18-12-7-13-19-29/h5-24,32,34H,25H2,1-4H3,(H,43,45)(H,44,49). The molecule has 290 valence electrons. The van der Waals surface area contributed by atoms with Gasteiger partial charge in [-0.25, -0.2) is 9.78 Å². The number of fused-ring (bicyclic) bond motifs is 1. The van der Waals surface area contributed by atoms with Crippen LogP contribution in [-0.4, -0.2) is 68.8 Å². The zero-order chi connectivity index (χ0) is 40.3. The number of nitro benzene ring substituents is 1. The molecule has 1 fully saturated rings. The fourth-order valence-corrected chi connectivity index (χ4v) is 8.91. The first-order valence-electron chi connectivity index (χ1n) is 17.9. The highest BCUT2D eigenvalue weighted by atomic mass is 32.2. The number of aromatic nitrogens is 1. The predicted octanol–water partition coefficient (Wildman–Crippen LogP) is 6.96. The van der Waals surface area contributed by atoms with Gasteiger partial charge in [0.15, 0.2) is 10.8 Å². The van der Waals surface area contributed by atoms with Crippen molar-refractivity contribution in [2.75, 3.05) is 18.2 Å². The predicted molar refractivity (Wildman–Crippen MR) is 219 cm³/mol. The summed E-state index contributed by atoms with van der Waals surface area (Å²) in [6.45, 7) is 5.14. The number of ether oxygens (including phenoxy) is 1. The molecule has 1 saturated heterocycles. The molecule has 0 spiro atoms. The number of thiazole rings is 1. The molecule has 1 aromatic heterocycles. The van der Waals surface area contributed by atoms with Crippen LogP contribution in [0.1, 0.15) is 48.7 Å². The Hall–Kier alpha value is -6.32. The summed E-state index contributed by atoms with van der Waals surface area (Å²) in [5, 5.41) is 24.0. The van der Waals surface area contributed by atoms with Gasteiger partial charge in [-0.05, 0) is 55.2 Å². The summed E-state index contributed by atoms with van der Waals surface area (Å²) in [6, 6.07) is 34.2. The van der Waals surface area contributed by atoms with Crippen LogP contribution >= 0.6 is 23.1 Å². The van der Waals surface area contributed by atoms with Gasteiger partial charge in [-0.2, -0.15) is 0 Å². The van der Waals surface area contributed by atoms with Crippen molar-refractivity contribution in [1.82, 2.24) is 15.2 Å². The molecule has 4 aromatic carbocycles. The van der Waals surface area contributed by atoms with Crippen molar-refractivity contribution >= 4 is 62.3 Å². The van der Waals surface area contributed by atoms with E-state index < -0.39 is 45.9 Å². The van der Waals surface area contributed by atoms with Crippen LogP contribution in [0.25, 0.3) is 4.91 Å².